The van der Waals surface area contributed by atoms with Gasteiger partial charge in [0.1, 0.15) is 5.75 Å². The molecule has 0 atom stereocenters. The second-order valence-electron chi connectivity index (χ2n) is 5.83. The fourth-order valence-electron chi connectivity index (χ4n) is 2.94. The van der Waals surface area contributed by atoms with Crippen molar-refractivity contribution in [2.45, 2.75) is 13.1 Å². The Bertz CT molecular complexity index is 627. The van der Waals surface area contributed by atoms with Crippen LogP contribution in [-0.4, -0.2) is 48.1 Å². The number of rotatable bonds is 5. The molecule has 0 N–H and O–H groups in total. The molecule has 1 fully saturated rings. The first-order valence-corrected chi connectivity index (χ1v) is 8.71. The van der Waals surface area contributed by atoms with Gasteiger partial charge in [-0.1, -0.05) is 22.0 Å². The second kappa shape index (κ2) is 7.90. The number of nitrogens with zero attached hydrogens (tertiary/aromatic N) is 3. The van der Waals surface area contributed by atoms with Crippen LogP contribution in [0.1, 0.15) is 11.3 Å². The van der Waals surface area contributed by atoms with E-state index in [0.717, 1.165) is 55.2 Å². The quantitative estimate of drug-likeness (QED) is 0.802. The number of aromatic nitrogens is 1. The normalized spacial score (nSPS) is 16.4. The summed E-state index contributed by atoms with van der Waals surface area (Å²) in [4.78, 5) is 9.37. The van der Waals surface area contributed by atoms with Crippen LogP contribution in [0.25, 0.3) is 0 Å². The molecule has 3 rings (SSSR count). The first-order chi connectivity index (χ1) is 11.2. The largest absolute Gasteiger partial charge is 0.496 e. The molecule has 0 bridgehead atoms. The van der Waals surface area contributed by atoms with Gasteiger partial charge in [-0.15, -0.1) is 0 Å². The summed E-state index contributed by atoms with van der Waals surface area (Å²) >= 11 is 3.55. The lowest BCUT2D eigenvalue weighted by atomic mass is 10.1. The topological polar surface area (TPSA) is 28.6 Å². The number of benzene rings is 1. The highest BCUT2D eigenvalue weighted by molar-refractivity contribution is 9.10. The molecule has 0 unspecified atom stereocenters. The molecule has 122 valence electrons. The van der Waals surface area contributed by atoms with Crippen molar-refractivity contribution in [3.05, 3.63) is 58.3 Å². The Labute approximate surface area is 146 Å². The average Bonchev–Trinajstić information content (AvgIpc) is 2.58. The van der Waals surface area contributed by atoms with Gasteiger partial charge >= 0.3 is 0 Å². The third kappa shape index (κ3) is 4.53. The van der Waals surface area contributed by atoms with Gasteiger partial charge in [0.25, 0.3) is 0 Å². The Morgan fingerprint density at radius 3 is 2.43 bits per heavy atom. The molecule has 0 saturated carbocycles. The van der Waals surface area contributed by atoms with E-state index in [4.69, 9.17) is 4.74 Å². The smallest absolute Gasteiger partial charge is 0.123 e. The van der Waals surface area contributed by atoms with Crippen molar-refractivity contribution in [3.8, 4) is 5.75 Å². The lowest BCUT2D eigenvalue weighted by Gasteiger charge is -2.34. The minimum atomic E-state index is 0.931. The van der Waals surface area contributed by atoms with Crippen LogP contribution in [0.4, 0.5) is 0 Å². The molecule has 0 radical (unpaired) electrons. The molecule has 0 spiro atoms. The molecule has 1 aromatic carbocycles. The summed E-state index contributed by atoms with van der Waals surface area (Å²) in [6.07, 6.45) is 1.87. The van der Waals surface area contributed by atoms with Crippen molar-refractivity contribution < 1.29 is 4.74 Å². The Balaban J connectivity index is 1.54. The summed E-state index contributed by atoms with van der Waals surface area (Å²) < 4.78 is 6.57. The molecule has 1 aliphatic heterocycles. The van der Waals surface area contributed by atoms with Crippen molar-refractivity contribution in [3.63, 3.8) is 0 Å². The number of halogens is 1. The molecule has 4 nitrogen and oxygen atoms in total. The van der Waals surface area contributed by atoms with Crippen molar-refractivity contribution in [1.82, 2.24) is 14.8 Å². The second-order valence-corrected chi connectivity index (χ2v) is 6.75. The zero-order chi connectivity index (χ0) is 16.1. The van der Waals surface area contributed by atoms with Crippen LogP contribution >= 0.6 is 15.9 Å². The maximum atomic E-state index is 5.48. The molecule has 2 aromatic rings. The number of pyridine rings is 1. The van der Waals surface area contributed by atoms with Gasteiger partial charge in [0, 0.05) is 55.5 Å². The van der Waals surface area contributed by atoms with Crippen molar-refractivity contribution >= 4 is 15.9 Å². The summed E-state index contributed by atoms with van der Waals surface area (Å²) in [5, 5.41) is 0. The van der Waals surface area contributed by atoms with E-state index in [0.29, 0.717) is 0 Å². The molecule has 1 aliphatic rings. The third-order valence-electron chi connectivity index (χ3n) is 4.21. The number of methoxy groups -OCH3 is 1. The number of piperazine rings is 1. The van der Waals surface area contributed by atoms with E-state index in [1.54, 1.807) is 7.11 Å². The Hall–Kier alpha value is -1.43. The van der Waals surface area contributed by atoms with Crippen LogP contribution in [0.2, 0.25) is 0 Å². The summed E-state index contributed by atoms with van der Waals surface area (Å²) in [6.45, 7) is 6.17. The summed E-state index contributed by atoms with van der Waals surface area (Å²) in [5.41, 5.74) is 2.38. The van der Waals surface area contributed by atoms with Gasteiger partial charge in [0.2, 0.25) is 0 Å². The lowest BCUT2D eigenvalue weighted by Crippen LogP contribution is -2.45. The summed E-state index contributed by atoms with van der Waals surface area (Å²) in [5.74, 6) is 0.962. The van der Waals surface area contributed by atoms with Crippen molar-refractivity contribution in [2.75, 3.05) is 33.3 Å². The van der Waals surface area contributed by atoms with Crippen LogP contribution < -0.4 is 4.74 Å². The van der Waals surface area contributed by atoms with Gasteiger partial charge in [-0.3, -0.25) is 14.8 Å². The van der Waals surface area contributed by atoms with Gasteiger partial charge in [0.15, 0.2) is 0 Å². The first kappa shape index (κ1) is 16.4. The van der Waals surface area contributed by atoms with Gasteiger partial charge in [0.05, 0.1) is 12.8 Å². The van der Waals surface area contributed by atoms with E-state index in [2.05, 4.69) is 48.9 Å². The lowest BCUT2D eigenvalue weighted by molar-refractivity contribution is 0.120. The number of ether oxygens (including phenoxy) is 1. The number of hydrogen-bond acceptors (Lipinski definition) is 4. The van der Waals surface area contributed by atoms with E-state index in [1.807, 2.05) is 24.4 Å². The molecule has 23 heavy (non-hydrogen) atoms. The first-order valence-electron chi connectivity index (χ1n) is 7.91. The summed E-state index contributed by atoms with van der Waals surface area (Å²) in [6, 6.07) is 12.3. The zero-order valence-corrected chi connectivity index (χ0v) is 15.0. The van der Waals surface area contributed by atoms with Crippen LogP contribution in [0.15, 0.2) is 47.1 Å². The Kier molecular flexibility index (Phi) is 5.65. The molecular formula is C18H22BrN3O. The van der Waals surface area contributed by atoms with Gasteiger partial charge in [-0.05, 0) is 30.3 Å². The third-order valence-corrected chi connectivity index (χ3v) is 4.71. The summed E-state index contributed by atoms with van der Waals surface area (Å²) in [7, 11) is 1.73. The molecule has 1 saturated heterocycles. The maximum absolute atomic E-state index is 5.48. The van der Waals surface area contributed by atoms with E-state index >= 15 is 0 Å². The standard InChI is InChI=1S/C18H22BrN3O/c1-23-18-6-5-16(19)12-15(18)13-21-8-10-22(11-9-21)14-17-4-2-3-7-20-17/h2-7,12H,8-11,13-14H2,1H3. The van der Waals surface area contributed by atoms with Crippen LogP contribution in [0.5, 0.6) is 5.75 Å². The minimum absolute atomic E-state index is 0.931. The van der Waals surface area contributed by atoms with Crippen LogP contribution in [0, 0.1) is 0 Å². The fraction of sp³-hybridized carbons (Fsp3) is 0.389. The highest BCUT2D eigenvalue weighted by Crippen LogP contribution is 2.24. The van der Waals surface area contributed by atoms with Crippen molar-refractivity contribution in [1.29, 1.82) is 0 Å². The fourth-order valence-corrected chi connectivity index (χ4v) is 3.35. The Morgan fingerprint density at radius 1 is 1.04 bits per heavy atom. The molecule has 0 amide bonds. The Morgan fingerprint density at radius 2 is 1.78 bits per heavy atom. The minimum Gasteiger partial charge on any atom is -0.496 e. The molecule has 5 heteroatoms. The monoisotopic (exact) mass is 375 g/mol. The van der Waals surface area contributed by atoms with E-state index in [9.17, 15) is 0 Å². The van der Waals surface area contributed by atoms with Gasteiger partial charge < -0.3 is 4.74 Å². The van der Waals surface area contributed by atoms with Crippen molar-refractivity contribution in [2.24, 2.45) is 0 Å². The SMILES string of the molecule is COc1ccc(Br)cc1CN1CCN(Cc2ccccn2)CC1. The number of hydrogen-bond donors (Lipinski definition) is 0. The molecular weight excluding hydrogens is 354 g/mol. The zero-order valence-electron chi connectivity index (χ0n) is 13.4. The average molecular weight is 376 g/mol. The van der Waals surface area contributed by atoms with E-state index in [1.165, 1.54) is 5.56 Å². The van der Waals surface area contributed by atoms with Crippen LogP contribution in [0.3, 0.4) is 0 Å². The highest BCUT2D eigenvalue weighted by atomic mass is 79.9. The maximum Gasteiger partial charge on any atom is 0.123 e. The van der Waals surface area contributed by atoms with Gasteiger partial charge in [-0.25, -0.2) is 0 Å². The van der Waals surface area contributed by atoms with E-state index in [-0.39, 0.29) is 0 Å². The van der Waals surface area contributed by atoms with E-state index < -0.39 is 0 Å². The predicted octanol–water partition coefficient (Wildman–Crippen LogP) is 3.17. The molecule has 2 heterocycles. The predicted molar refractivity (Wildman–Crippen MR) is 95.5 cm³/mol. The van der Waals surface area contributed by atoms with Gasteiger partial charge in [-0.2, -0.15) is 0 Å². The molecule has 0 aliphatic carbocycles. The van der Waals surface area contributed by atoms with Crippen LogP contribution in [-0.2, 0) is 13.1 Å². The molecule has 1 aromatic heterocycles. The highest BCUT2D eigenvalue weighted by Gasteiger charge is 2.18.